The Morgan fingerprint density at radius 1 is 0.898 bits per heavy atom. The number of aromatic amines is 1. The van der Waals surface area contributed by atoms with E-state index in [1.165, 1.54) is 7.11 Å². The van der Waals surface area contributed by atoms with Crippen LogP contribution in [-0.2, 0) is 20.7 Å². The molecule has 0 radical (unpaired) electrons. The molecular formula is C37H39Cl2N3O7. The number of benzene rings is 3. The Bertz CT molecular complexity index is 1730. The fraction of sp³-hybridized carbons (Fsp3) is 0.324. The van der Waals surface area contributed by atoms with Crippen LogP contribution < -0.4 is 19.8 Å². The third-order valence-electron chi connectivity index (χ3n) is 9.06. The molecule has 12 heteroatoms. The van der Waals surface area contributed by atoms with Gasteiger partial charge in [-0.3, -0.25) is 4.90 Å². The van der Waals surface area contributed by atoms with E-state index >= 15 is 0 Å². The molecule has 3 atom stereocenters. The monoisotopic (exact) mass is 707 g/mol. The fourth-order valence-corrected chi connectivity index (χ4v) is 6.95. The Morgan fingerprint density at radius 2 is 1.61 bits per heavy atom. The maximum atomic E-state index is 13.8. The van der Waals surface area contributed by atoms with Gasteiger partial charge < -0.3 is 29.7 Å². The predicted octanol–water partition coefficient (Wildman–Crippen LogP) is 6.58. The Labute approximate surface area is 295 Å². The number of halogens is 2. The van der Waals surface area contributed by atoms with Gasteiger partial charge in [-0.1, -0.05) is 65.7 Å². The number of H-pyrrole nitrogens is 1. The zero-order valence-electron chi connectivity index (χ0n) is 27.2. The van der Waals surface area contributed by atoms with E-state index in [1.54, 1.807) is 62.0 Å². The lowest BCUT2D eigenvalue weighted by atomic mass is 9.86. The van der Waals surface area contributed by atoms with Crippen LogP contribution in [0, 0.1) is 5.92 Å². The van der Waals surface area contributed by atoms with Crippen molar-refractivity contribution >= 4 is 40.8 Å². The van der Waals surface area contributed by atoms with Gasteiger partial charge in [0.15, 0.2) is 29.9 Å². The number of carbonyl (C=O) groups excluding carboxylic acids is 2. The number of carbonyl (C=O) groups is 2. The van der Waals surface area contributed by atoms with Crippen molar-refractivity contribution in [3.05, 3.63) is 117 Å². The third kappa shape index (κ3) is 8.45. The molecule has 2 bridgehead atoms. The highest BCUT2D eigenvalue weighted by molar-refractivity contribution is 6.35. The summed E-state index contributed by atoms with van der Waals surface area (Å²) >= 11 is 13.0. The number of nitrogens with one attached hydrogen (secondary N) is 2. The van der Waals surface area contributed by atoms with Gasteiger partial charge >= 0.3 is 11.9 Å². The molecule has 3 aromatic carbocycles. The van der Waals surface area contributed by atoms with E-state index in [0.717, 1.165) is 38.0 Å². The number of nitrogens with zero attached hydrogens (tertiary/aromatic N) is 1. The van der Waals surface area contributed by atoms with Crippen LogP contribution in [0.15, 0.2) is 85.2 Å². The van der Waals surface area contributed by atoms with Crippen LogP contribution in [0.2, 0.25) is 10.0 Å². The first-order valence-corrected chi connectivity index (χ1v) is 16.7. The molecule has 3 fully saturated rings. The second kappa shape index (κ2) is 16.4. The van der Waals surface area contributed by atoms with Crippen molar-refractivity contribution in [1.29, 1.82) is 0 Å². The summed E-state index contributed by atoms with van der Waals surface area (Å²) in [6.45, 7) is 2.87. The zero-order valence-corrected chi connectivity index (χ0v) is 28.7. The van der Waals surface area contributed by atoms with E-state index in [0.29, 0.717) is 49.8 Å². The van der Waals surface area contributed by atoms with E-state index in [9.17, 15) is 9.59 Å². The molecule has 258 valence electrons. The number of rotatable bonds is 12. The largest absolute Gasteiger partial charge is 0.870 e. The van der Waals surface area contributed by atoms with Crippen molar-refractivity contribution in [3.8, 4) is 11.5 Å². The standard InChI is InChI=1S/C37H37Cl2N3O6.H2O/c1-45-31-12-11-25(18-33(31)46-2)32(19-28-29(38)20-40-21-30(28)39)47-36(43)26-9-6-10-27(17-26)41-35(24-7-4-3-5-8-24)37(44)48-34-22-42-15-13-23(34)14-16-42;/h3-12,17-18,20-21,23,32,34-35,41H,13-16,19,22H2,1-2H3;1H2/t32-,34-,35+;/m0./s1. The summed E-state index contributed by atoms with van der Waals surface area (Å²) in [5.41, 5.74) is 2.90. The average molecular weight is 709 g/mol. The minimum absolute atomic E-state index is 0. The number of hydrogen-bond donors (Lipinski definition) is 1. The molecule has 0 amide bonds. The van der Waals surface area contributed by atoms with Crippen LogP contribution in [-0.4, -0.2) is 62.3 Å². The topological polar surface area (TPSA) is 130 Å². The van der Waals surface area contributed by atoms with Gasteiger partial charge in [0.1, 0.15) is 22.3 Å². The highest BCUT2D eigenvalue weighted by atomic mass is 35.5. The Hall–Kier alpha value is -4.35. The van der Waals surface area contributed by atoms with Crippen molar-refractivity contribution in [2.45, 2.75) is 37.5 Å². The van der Waals surface area contributed by atoms with Gasteiger partial charge in [0.25, 0.3) is 0 Å². The highest BCUT2D eigenvalue weighted by Crippen LogP contribution is 2.36. The van der Waals surface area contributed by atoms with E-state index in [2.05, 4.69) is 15.2 Å². The summed E-state index contributed by atoms with van der Waals surface area (Å²) in [4.78, 5) is 32.7. The number of ether oxygens (including phenoxy) is 4. The molecular weight excluding hydrogens is 669 g/mol. The summed E-state index contributed by atoms with van der Waals surface area (Å²) in [7, 11) is 3.09. The van der Waals surface area contributed by atoms with Gasteiger partial charge in [-0.15, -0.1) is 0 Å². The molecule has 3 aliphatic heterocycles. The first kappa shape index (κ1) is 35.9. The van der Waals surface area contributed by atoms with Gasteiger partial charge in [0.05, 0.1) is 19.8 Å². The zero-order chi connectivity index (χ0) is 33.6. The lowest BCUT2D eigenvalue weighted by Crippen LogP contribution is -2.52. The fourth-order valence-electron chi connectivity index (χ4n) is 6.42. The van der Waals surface area contributed by atoms with Crippen molar-refractivity contribution in [1.82, 2.24) is 4.90 Å². The molecule has 3 N–H and O–H groups in total. The van der Waals surface area contributed by atoms with Crippen LogP contribution in [0.5, 0.6) is 11.5 Å². The molecule has 4 heterocycles. The molecule has 3 saturated heterocycles. The minimum Gasteiger partial charge on any atom is -0.870 e. The lowest BCUT2D eigenvalue weighted by Gasteiger charge is -2.44. The van der Waals surface area contributed by atoms with Gasteiger partial charge in [-0.2, -0.15) is 0 Å². The molecule has 0 saturated carbocycles. The number of esters is 2. The molecule has 1 aromatic heterocycles. The maximum Gasteiger partial charge on any atom is 0.338 e. The molecule has 3 aliphatic rings. The number of anilines is 1. The highest BCUT2D eigenvalue weighted by Gasteiger charge is 2.38. The third-order valence-corrected chi connectivity index (χ3v) is 9.73. The first-order valence-electron chi connectivity index (χ1n) is 15.9. The molecule has 4 aromatic rings. The summed E-state index contributed by atoms with van der Waals surface area (Å²) in [5.74, 6) is 0.480. The molecule has 7 rings (SSSR count). The number of piperidine rings is 3. The molecule has 49 heavy (non-hydrogen) atoms. The normalized spacial score (nSPS) is 19.1. The van der Waals surface area contributed by atoms with Crippen molar-refractivity contribution < 1.29 is 39.0 Å². The lowest BCUT2D eigenvalue weighted by molar-refractivity contribution is -0.377. The Balaban J connectivity index is 0.00000468. The molecule has 0 aliphatic carbocycles. The maximum absolute atomic E-state index is 13.8. The number of methoxy groups -OCH3 is 2. The van der Waals surface area contributed by atoms with E-state index in [4.69, 9.17) is 42.1 Å². The second-order valence-corrected chi connectivity index (χ2v) is 12.8. The van der Waals surface area contributed by atoms with Crippen molar-refractivity contribution in [2.24, 2.45) is 5.92 Å². The van der Waals surface area contributed by atoms with Crippen molar-refractivity contribution in [3.63, 3.8) is 0 Å². The minimum atomic E-state index is -0.778. The first-order chi connectivity index (χ1) is 23.3. The predicted molar refractivity (Wildman–Crippen MR) is 185 cm³/mol. The van der Waals surface area contributed by atoms with E-state index < -0.39 is 18.1 Å². The Kier molecular flexibility index (Phi) is 12.0. The van der Waals surface area contributed by atoms with Crippen molar-refractivity contribution in [2.75, 3.05) is 39.2 Å². The second-order valence-electron chi connectivity index (χ2n) is 12.0. The number of aromatic nitrogens is 1. The molecule has 10 nitrogen and oxygen atoms in total. The van der Waals surface area contributed by atoms with Crippen LogP contribution in [0.3, 0.4) is 0 Å². The van der Waals surface area contributed by atoms with Gasteiger partial charge in [-0.05, 0) is 73.3 Å². The van der Waals surface area contributed by atoms with E-state index in [1.807, 2.05) is 30.3 Å². The summed E-state index contributed by atoms with van der Waals surface area (Å²) in [5, 5.41) is 4.15. The number of pyridine rings is 1. The smallest absolute Gasteiger partial charge is 0.338 e. The number of fused-ring (bicyclic) bond motifs is 3. The van der Waals surface area contributed by atoms with Crippen LogP contribution in [0.4, 0.5) is 5.69 Å². The van der Waals surface area contributed by atoms with Gasteiger partial charge in [0.2, 0.25) is 0 Å². The Morgan fingerprint density at radius 3 is 2.27 bits per heavy atom. The van der Waals surface area contributed by atoms with Gasteiger partial charge in [0, 0.05) is 24.2 Å². The summed E-state index contributed by atoms with van der Waals surface area (Å²) in [6, 6.07) is 20.9. The molecule has 0 spiro atoms. The number of hydrogen-bond acceptors (Lipinski definition) is 9. The summed E-state index contributed by atoms with van der Waals surface area (Å²) < 4.78 is 23.2. The van der Waals surface area contributed by atoms with Crippen LogP contribution in [0.25, 0.3) is 0 Å². The van der Waals surface area contributed by atoms with E-state index in [-0.39, 0.29) is 24.0 Å². The SMILES string of the molecule is COc1ccc([C@H](Cc2c(Cl)c[nH+]cc2Cl)OC(=O)c2cccc(N[C@@H](C(=O)O[C@H]3CN4CCC3CC4)c3ccccc3)c2)cc1OC.[OH-]. The van der Waals surface area contributed by atoms with Crippen LogP contribution in [0.1, 0.15) is 52.0 Å². The quantitative estimate of drug-likeness (QED) is 0.162. The molecule has 0 unspecified atom stereocenters. The average Bonchev–Trinajstić information content (AvgIpc) is 3.12. The van der Waals surface area contributed by atoms with Crippen LogP contribution >= 0.6 is 23.2 Å². The summed E-state index contributed by atoms with van der Waals surface area (Å²) in [6.07, 6.45) is 4.61. The van der Waals surface area contributed by atoms with Gasteiger partial charge in [-0.25, -0.2) is 14.6 Å².